The van der Waals surface area contributed by atoms with Crippen molar-refractivity contribution < 1.29 is 79.5 Å². The van der Waals surface area contributed by atoms with Crippen LogP contribution < -0.4 is 16.0 Å². The van der Waals surface area contributed by atoms with Crippen molar-refractivity contribution >= 4 is 70.9 Å². The summed E-state index contributed by atoms with van der Waals surface area (Å²) in [6.07, 6.45) is -1.39. The summed E-state index contributed by atoms with van der Waals surface area (Å²) < 4.78 is 72.6. The Bertz CT molecular complexity index is 3060. The van der Waals surface area contributed by atoms with Crippen molar-refractivity contribution in [1.82, 2.24) is 60.0 Å². The number of nitrogens with zero attached hydrogens (tertiary/aromatic N) is 9. The summed E-state index contributed by atoms with van der Waals surface area (Å²) in [6.45, 7) is 9.95. The predicted octanol–water partition coefficient (Wildman–Crippen LogP) is 6.18. The van der Waals surface area contributed by atoms with Gasteiger partial charge in [-0.1, -0.05) is 98.1 Å². The van der Waals surface area contributed by atoms with E-state index in [9.17, 15) is 41.9 Å². The van der Waals surface area contributed by atoms with E-state index in [0.29, 0.717) is 57.3 Å². The van der Waals surface area contributed by atoms with Gasteiger partial charge in [-0.3, -0.25) is 57.5 Å². The summed E-state index contributed by atoms with van der Waals surface area (Å²) in [7, 11) is 9.97. The number of rotatable bonds is 12. The fourth-order valence-corrected chi connectivity index (χ4v) is 16.7. The van der Waals surface area contributed by atoms with Crippen LogP contribution in [0.4, 0.5) is 22.0 Å². The summed E-state index contributed by atoms with van der Waals surface area (Å²) in [5, 5.41) is 8.61. The first-order valence-electron chi connectivity index (χ1n) is 37.8. The van der Waals surface area contributed by atoms with Crippen LogP contribution in [0.2, 0.25) is 0 Å². The average Bonchev–Trinajstić information content (AvgIpc) is 1.75. The van der Waals surface area contributed by atoms with Gasteiger partial charge in [-0.2, -0.15) is 13.2 Å². The first kappa shape index (κ1) is 83.3. The van der Waals surface area contributed by atoms with Crippen LogP contribution in [0.15, 0.2) is 12.2 Å². The molecule has 6 fully saturated rings. The minimum atomic E-state index is -5.16. The molecule has 0 aromatic carbocycles. The molecule has 3 N–H and O–H groups in total. The van der Waals surface area contributed by atoms with E-state index < -0.39 is 199 Å². The summed E-state index contributed by atoms with van der Waals surface area (Å²) in [4.78, 5) is 192. The first-order chi connectivity index (χ1) is 48.5. The summed E-state index contributed by atoms with van der Waals surface area (Å²) in [5.41, 5.74) is -1.60. The summed E-state index contributed by atoms with van der Waals surface area (Å²) >= 11 is 0. The molecule has 1 spiro atoms. The van der Waals surface area contributed by atoms with Crippen molar-refractivity contribution in [3.8, 4) is 0 Å². The number of hydrogen-bond acceptors (Lipinski definition) is 12. The second-order valence-electron chi connectivity index (χ2n) is 31.3. The molecule has 7 aliphatic rings. The monoisotopic (exact) mass is 1460 g/mol. The van der Waals surface area contributed by atoms with E-state index in [1.165, 1.54) is 83.6 Å². The molecule has 4 aliphatic carbocycles. The van der Waals surface area contributed by atoms with Gasteiger partial charge in [-0.05, 0) is 132 Å². The molecule has 2 unspecified atom stereocenters. The molecule has 24 nitrogen and oxygen atoms in total. The van der Waals surface area contributed by atoms with E-state index in [1.807, 2.05) is 19.9 Å². The van der Waals surface area contributed by atoms with E-state index in [0.717, 1.165) is 35.5 Å². The largest absolute Gasteiger partial charge is 0.397 e. The van der Waals surface area contributed by atoms with Crippen LogP contribution >= 0.6 is 0 Å². The molecule has 12 atom stereocenters. The molecule has 4 saturated carbocycles. The van der Waals surface area contributed by atoms with Crippen LogP contribution in [-0.2, 0) is 57.5 Å². The Labute approximate surface area is 605 Å². The zero-order valence-electron chi connectivity index (χ0n) is 63.1. The topological polar surface area (TPSA) is 270 Å². The third-order valence-electron chi connectivity index (χ3n) is 23.9. The first-order valence-corrected chi connectivity index (χ1v) is 37.8. The third kappa shape index (κ3) is 20.0. The maximum absolute atomic E-state index is 15.5. The fourth-order valence-electron chi connectivity index (χ4n) is 16.7. The van der Waals surface area contributed by atoms with Crippen LogP contribution in [0.25, 0.3) is 0 Å². The van der Waals surface area contributed by atoms with E-state index in [1.54, 1.807) is 26.8 Å². The number of carbonyl (C=O) groups excluding carboxylic acids is 12. The fraction of sp³-hybridized carbons (Fsp3) is 0.811. The van der Waals surface area contributed by atoms with Gasteiger partial charge in [-0.15, -0.1) is 0 Å². The molecular weight excluding hydrogens is 1340 g/mol. The number of fused-ring (bicyclic) bond motifs is 3. The van der Waals surface area contributed by atoms with Crippen molar-refractivity contribution in [2.24, 2.45) is 41.4 Å². The van der Waals surface area contributed by atoms with Gasteiger partial charge in [-0.25, -0.2) is 8.78 Å². The van der Waals surface area contributed by atoms with Crippen LogP contribution in [0.5, 0.6) is 0 Å². The highest BCUT2D eigenvalue weighted by molar-refractivity contribution is 6.01. The van der Waals surface area contributed by atoms with Gasteiger partial charge in [0.25, 0.3) is 0 Å². The van der Waals surface area contributed by atoms with Crippen molar-refractivity contribution in [2.45, 2.75) is 262 Å². The molecule has 0 radical (unpaired) electrons. The van der Waals surface area contributed by atoms with E-state index in [4.69, 9.17) is 0 Å². The minimum Gasteiger partial charge on any atom is -0.344 e. The lowest BCUT2D eigenvalue weighted by Crippen LogP contribution is -2.68. The molecular formula is C74H117F5N12O12. The molecule has 12 amide bonds. The van der Waals surface area contributed by atoms with Gasteiger partial charge in [0, 0.05) is 69.0 Å². The highest BCUT2D eigenvalue weighted by Crippen LogP contribution is 2.45. The van der Waals surface area contributed by atoms with Gasteiger partial charge in [0.1, 0.15) is 72.1 Å². The quantitative estimate of drug-likeness (QED) is 0.146. The van der Waals surface area contributed by atoms with Crippen LogP contribution in [0.1, 0.15) is 189 Å². The van der Waals surface area contributed by atoms with Gasteiger partial charge in [0.05, 0.1) is 19.5 Å². The van der Waals surface area contributed by atoms with Crippen LogP contribution in [-0.4, -0.2) is 269 Å². The molecule has 7 rings (SSSR count). The number of alkyl halides is 5. The van der Waals surface area contributed by atoms with Crippen LogP contribution in [0, 0.1) is 41.4 Å². The van der Waals surface area contributed by atoms with E-state index in [-0.39, 0.29) is 82.8 Å². The third-order valence-corrected chi connectivity index (χ3v) is 23.9. The van der Waals surface area contributed by atoms with Crippen molar-refractivity contribution in [1.29, 1.82) is 0 Å². The average molecular weight is 1460 g/mol. The standard InChI is InChI=1S/C74H117F5N12O12/c1-14-23-53-64(95)81-62(46(6)15-2)70(101)85(9)43-60(94)87(11)54-26-18-17-21-35-90(69(54)100)57(39-47-29-27-44(4)28-30-47)68(99)84(8)42-58(92)80-52(32-31-48-37-50(75)61(51(76)38-48)74(77,78)79)66(97)91-41-45(5)36-55(91)65(96)82-73(33-22-34-73)72(103)89(13)63(49-24-19-20-25-49)71(102)88(12)56(40-59(93)86(53)10)67(98)83(7)16-3/h17-18,44-57,61-63H,14-16,19-43H2,1-13H3,(H,80,92)(H,81,95)(H,82,96)/b18-17-/t44?,45-,46+,47?,48?,50?,51?,52+,53+,54+,55+,56+,57+,61?,62+,63+/m1/s1. The molecule has 29 heteroatoms. The highest BCUT2D eigenvalue weighted by atomic mass is 19.4. The van der Waals surface area contributed by atoms with Crippen molar-refractivity contribution in [3.63, 3.8) is 0 Å². The number of hydrogen-bond donors (Lipinski definition) is 3. The van der Waals surface area contributed by atoms with Gasteiger partial charge in [0.15, 0.2) is 0 Å². The maximum Gasteiger partial charge on any atom is 0.397 e. The predicted molar refractivity (Wildman–Crippen MR) is 375 cm³/mol. The molecule has 3 aliphatic heterocycles. The van der Waals surface area contributed by atoms with Crippen molar-refractivity contribution in [2.75, 3.05) is 82.1 Å². The molecule has 2 bridgehead atoms. The number of amides is 12. The zero-order valence-corrected chi connectivity index (χ0v) is 63.1. The number of halogens is 5. The summed E-state index contributed by atoms with van der Waals surface area (Å²) in [6, 6.07) is -10.3. The SMILES string of the molecule is CCC[C@H]1C(=O)N[C@@H]([C@@H](C)CC)C(=O)N(C)CC(=O)N(C)[C@H]2C/C=C\CCN(C2=O)[C@@H](CC2CCC(C)CC2)C(=O)N(C)CC(=O)N[C@@H](CCC2CC(F)C(C(F)(F)F)C(F)C2)C(=O)N2C[C@H](C)C[C@H]2C(=O)NC2(CCC2)C(=O)N(C)[C@@H](C2CCCC2)C(=O)N(C)[C@H](C(=O)N(C)CC)CC(=O)N1C. The Morgan fingerprint density at radius 1 is 0.641 bits per heavy atom. The second-order valence-corrected chi connectivity index (χ2v) is 31.3. The Balaban J connectivity index is 1.30. The van der Waals surface area contributed by atoms with E-state index in [2.05, 4.69) is 22.9 Å². The lowest BCUT2D eigenvalue weighted by atomic mass is 9.74. The number of carbonyl (C=O) groups is 12. The highest BCUT2D eigenvalue weighted by Gasteiger charge is 2.56. The van der Waals surface area contributed by atoms with Crippen LogP contribution in [0.3, 0.4) is 0 Å². The molecule has 2 saturated heterocycles. The summed E-state index contributed by atoms with van der Waals surface area (Å²) in [5.74, 6) is -13.0. The smallest absolute Gasteiger partial charge is 0.344 e. The lowest BCUT2D eigenvalue weighted by molar-refractivity contribution is -0.219. The Morgan fingerprint density at radius 3 is 1.85 bits per heavy atom. The minimum absolute atomic E-state index is 0.0233. The molecule has 580 valence electrons. The number of likely N-dealkylation sites (N-methyl/N-ethyl adjacent to an activating group) is 7. The van der Waals surface area contributed by atoms with Gasteiger partial charge < -0.3 is 60.0 Å². The molecule has 0 aromatic rings. The molecule has 0 aromatic heterocycles. The maximum atomic E-state index is 15.5. The normalized spacial score (nSPS) is 32.7. The van der Waals surface area contributed by atoms with E-state index >= 15 is 37.5 Å². The lowest BCUT2D eigenvalue weighted by Gasteiger charge is -2.46. The molecule has 3 heterocycles. The Morgan fingerprint density at radius 2 is 1.27 bits per heavy atom. The van der Waals surface area contributed by atoms with Gasteiger partial charge in [0.2, 0.25) is 70.9 Å². The second kappa shape index (κ2) is 36.4. The Kier molecular flexibility index (Phi) is 29.4. The molecule has 103 heavy (non-hydrogen) atoms. The zero-order chi connectivity index (χ0) is 76.3. The van der Waals surface area contributed by atoms with Gasteiger partial charge >= 0.3 is 6.18 Å². The Hall–Kier alpha value is -6.97. The van der Waals surface area contributed by atoms with Crippen molar-refractivity contribution in [3.05, 3.63) is 12.2 Å². The number of nitrogens with one attached hydrogen (secondary N) is 3.